The Bertz CT molecular complexity index is 825. The first kappa shape index (κ1) is 20.3. The minimum Gasteiger partial charge on any atom is -0.496 e. The van der Waals surface area contributed by atoms with Crippen molar-refractivity contribution in [3.05, 3.63) is 65.0 Å². The molecule has 2 aliphatic rings. The highest BCUT2D eigenvalue weighted by atomic mass is 19.1. The Morgan fingerprint density at radius 3 is 2.41 bits per heavy atom. The fraction of sp³-hybridized carbons (Fsp3) is 0.500. The Balaban J connectivity index is 1.50. The highest BCUT2D eigenvalue weighted by Gasteiger charge is 2.48. The van der Waals surface area contributed by atoms with Crippen LogP contribution in [0.1, 0.15) is 49.3 Å². The predicted molar refractivity (Wildman–Crippen MR) is 110 cm³/mol. The van der Waals surface area contributed by atoms with Gasteiger partial charge in [0.1, 0.15) is 11.6 Å². The topological polar surface area (TPSA) is 41.9 Å². The van der Waals surface area contributed by atoms with Crippen molar-refractivity contribution in [1.82, 2.24) is 4.90 Å². The second kappa shape index (κ2) is 8.42. The van der Waals surface area contributed by atoms with Crippen molar-refractivity contribution in [3.8, 4) is 5.75 Å². The molecule has 2 heterocycles. The first-order chi connectivity index (χ1) is 14.0. The summed E-state index contributed by atoms with van der Waals surface area (Å²) in [6.45, 7) is 4.07. The molecular weight excluding hydrogens is 369 g/mol. The van der Waals surface area contributed by atoms with Crippen molar-refractivity contribution in [2.24, 2.45) is 0 Å². The second-order valence-electron chi connectivity index (χ2n) is 8.29. The highest BCUT2D eigenvalue weighted by Crippen LogP contribution is 2.46. The van der Waals surface area contributed by atoms with Crippen LogP contribution in [0.5, 0.6) is 5.75 Å². The van der Waals surface area contributed by atoms with E-state index < -0.39 is 5.60 Å². The molecule has 156 valence electrons. The Morgan fingerprint density at radius 2 is 1.79 bits per heavy atom. The van der Waals surface area contributed by atoms with Crippen LogP contribution in [-0.4, -0.2) is 35.8 Å². The maximum absolute atomic E-state index is 13.3. The van der Waals surface area contributed by atoms with Crippen LogP contribution in [0, 0.1) is 5.82 Å². The molecular formula is C24H30FNO3. The van der Waals surface area contributed by atoms with Crippen LogP contribution in [0.3, 0.4) is 0 Å². The first-order valence-corrected chi connectivity index (χ1v) is 10.5. The number of aliphatic hydroxyl groups is 1. The monoisotopic (exact) mass is 399 g/mol. The average molecular weight is 400 g/mol. The molecule has 4 rings (SSSR count). The molecule has 0 saturated carbocycles. The third kappa shape index (κ3) is 4.18. The van der Waals surface area contributed by atoms with Gasteiger partial charge in [-0.3, -0.25) is 4.90 Å². The van der Waals surface area contributed by atoms with E-state index in [4.69, 9.17) is 9.47 Å². The van der Waals surface area contributed by atoms with Crippen LogP contribution in [-0.2, 0) is 23.5 Å². The van der Waals surface area contributed by atoms with Gasteiger partial charge in [-0.2, -0.15) is 0 Å². The van der Waals surface area contributed by atoms with Crippen LogP contribution >= 0.6 is 0 Å². The number of benzene rings is 2. The second-order valence-corrected chi connectivity index (χ2v) is 8.29. The number of methoxy groups -OCH3 is 1. The molecule has 5 heteroatoms. The molecule has 4 nitrogen and oxygen atoms in total. The fourth-order valence-electron chi connectivity index (χ4n) is 5.04. The molecule has 2 aliphatic heterocycles. The zero-order valence-electron chi connectivity index (χ0n) is 17.2. The zero-order valence-corrected chi connectivity index (χ0v) is 17.2. The van der Waals surface area contributed by atoms with Gasteiger partial charge in [0, 0.05) is 30.8 Å². The first-order valence-electron chi connectivity index (χ1n) is 10.5. The number of piperidine rings is 1. The number of hydrogen-bond donors (Lipinski definition) is 1. The van der Waals surface area contributed by atoms with Crippen molar-refractivity contribution in [3.63, 3.8) is 0 Å². The summed E-state index contributed by atoms with van der Waals surface area (Å²) < 4.78 is 24.4. The van der Waals surface area contributed by atoms with E-state index in [-0.39, 0.29) is 5.82 Å². The molecule has 0 radical (unpaired) electrons. The van der Waals surface area contributed by atoms with Gasteiger partial charge >= 0.3 is 0 Å². The van der Waals surface area contributed by atoms with Gasteiger partial charge in [0.05, 0.1) is 19.3 Å². The normalized spacial score (nSPS) is 26.6. The molecule has 1 N–H and O–H groups in total. The minimum absolute atomic E-state index is 0.264. The lowest BCUT2D eigenvalue weighted by Gasteiger charge is -2.44. The minimum atomic E-state index is -0.865. The van der Waals surface area contributed by atoms with Gasteiger partial charge in [-0.05, 0) is 68.0 Å². The van der Waals surface area contributed by atoms with Gasteiger partial charge in [-0.25, -0.2) is 4.39 Å². The van der Waals surface area contributed by atoms with E-state index in [0.717, 1.165) is 36.3 Å². The molecule has 2 aromatic rings. The standard InChI is InChI=1S/C24H30FNO3/c1-3-29-16-18-12-17(4-11-23(18)28-2)15-26-21-9-10-22(26)14-24(27,13-21)19-5-7-20(25)8-6-19/h4-8,11-12,21-22,27H,3,9-10,13-16H2,1-2H3. The van der Waals surface area contributed by atoms with E-state index in [0.29, 0.717) is 38.1 Å². The largest absolute Gasteiger partial charge is 0.496 e. The van der Waals surface area contributed by atoms with E-state index in [1.54, 1.807) is 19.2 Å². The summed E-state index contributed by atoms with van der Waals surface area (Å²) in [4.78, 5) is 2.53. The molecule has 0 amide bonds. The summed E-state index contributed by atoms with van der Waals surface area (Å²) in [6, 6.07) is 13.3. The number of halogens is 1. The Kier molecular flexibility index (Phi) is 5.91. The summed E-state index contributed by atoms with van der Waals surface area (Å²) >= 11 is 0. The van der Waals surface area contributed by atoms with Gasteiger partial charge in [0.2, 0.25) is 0 Å². The van der Waals surface area contributed by atoms with Crippen LogP contribution in [0.25, 0.3) is 0 Å². The molecule has 2 fully saturated rings. The Hall–Kier alpha value is -1.95. The van der Waals surface area contributed by atoms with Crippen LogP contribution in [0.15, 0.2) is 42.5 Å². The van der Waals surface area contributed by atoms with Gasteiger partial charge in [0.15, 0.2) is 0 Å². The number of fused-ring (bicyclic) bond motifs is 2. The quantitative estimate of drug-likeness (QED) is 0.750. The molecule has 2 atom stereocenters. The number of hydrogen-bond acceptors (Lipinski definition) is 4. The molecule has 29 heavy (non-hydrogen) atoms. The van der Waals surface area contributed by atoms with Gasteiger partial charge in [-0.1, -0.05) is 18.2 Å². The highest BCUT2D eigenvalue weighted by molar-refractivity contribution is 5.37. The van der Waals surface area contributed by atoms with Crippen LogP contribution < -0.4 is 4.74 Å². The molecule has 2 saturated heterocycles. The molecule has 2 bridgehead atoms. The summed E-state index contributed by atoms with van der Waals surface area (Å²) in [5.41, 5.74) is 2.28. The number of ether oxygens (including phenoxy) is 2. The zero-order chi connectivity index (χ0) is 20.4. The summed E-state index contributed by atoms with van der Waals surface area (Å²) in [6.07, 6.45) is 3.57. The number of rotatable bonds is 7. The van der Waals surface area contributed by atoms with E-state index >= 15 is 0 Å². The lowest BCUT2D eigenvalue weighted by molar-refractivity contribution is -0.0595. The molecule has 2 aromatic carbocycles. The lowest BCUT2D eigenvalue weighted by Crippen LogP contribution is -2.49. The van der Waals surface area contributed by atoms with E-state index in [1.165, 1.54) is 17.7 Å². The van der Waals surface area contributed by atoms with Crippen molar-refractivity contribution in [2.75, 3.05) is 13.7 Å². The summed E-state index contributed by atoms with van der Waals surface area (Å²) in [5, 5.41) is 11.3. The molecule has 0 spiro atoms. The van der Waals surface area contributed by atoms with E-state index in [1.807, 2.05) is 13.0 Å². The molecule has 0 aromatic heterocycles. The predicted octanol–water partition coefficient (Wildman–Crippen LogP) is 4.39. The van der Waals surface area contributed by atoms with Gasteiger partial charge < -0.3 is 14.6 Å². The Labute approximate surface area is 172 Å². The third-order valence-electron chi connectivity index (χ3n) is 6.47. The van der Waals surface area contributed by atoms with Crippen LogP contribution in [0.4, 0.5) is 4.39 Å². The van der Waals surface area contributed by atoms with E-state index in [2.05, 4.69) is 17.0 Å². The maximum Gasteiger partial charge on any atom is 0.124 e. The van der Waals surface area contributed by atoms with E-state index in [9.17, 15) is 9.50 Å². The van der Waals surface area contributed by atoms with Gasteiger partial charge in [-0.15, -0.1) is 0 Å². The summed E-state index contributed by atoms with van der Waals surface area (Å²) in [7, 11) is 1.69. The smallest absolute Gasteiger partial charge is 0.124 e. The van der Waals surface area contributed by atoms with Crippen molar-refractivity contribution in [1.29, 1.82) is 0 Å². The third-order valence-corrected chi connectivity index (χ3v) is 6.47. The molecule has 0 aliphatic carbocycles. The lowest BCUT2D eigenvalue weighted by atomic mass is 9.80. The number of nitrogens with zero attached hydrogens (tertiary/aromatic N) is 1. The summed E-state index contributed by atoms with van der Waals surface area (Å²) in [5.74, 6) is 0.592. The van der Waals surface area contributed by atoms with Crippen molar-refractivity contribution >= 4 is 0 Å². The van der Waals surface area contributed by atoms with Gasteiger partial charge in [0.25, 0.3) is 0 Å². The maximum atomic E-state index is 13.3. The van der Waals surface area contributed by atoms with Crippen LogP contribution in [0.2, 0.25) is 0 Å². The average Bonchev–Trinajstić information content (AvgIpc) is 2.96. The Morgan fingerprint density at radius 1 is 1.10 bits per heavy atom. The SMILES string of the molecule is CCOCc1cc(CN2C3CCC2CC(O)(c2ccc(F)cc2)C3)ccc1OC. The molecule has 2 unspecified atom stereocenters. The van der Waals surface area contributed by atoms with Crippen molar-refractivity contribution in [2.45, 2.75) is 63.4 Å². The van der Waals surface area contributed by atoms with Crippen molar-refractivity contribution < 1.29 is 19.0 Å². The fourth-order valence-corrected chi connectivity index (χ4v) is 5.04.